The number of nitrogens with zero attached hydrogens (tertiary/aromatic N) is 2. The minimum absolute atomic E-state index is 0.00184. The van der Waals surface area contributed by atoms with Gasteiger partial charge in [-0.25, -0.2) is 4.39 Å². The molecule has 0 fully saturated rings. The van der Waals surface area contributed by atoms with Crippen LogP contribution in [0.5, 0.6) is 5.75 Å². The van der Waals surface area contributed by atoms with E-state index in [-0.39, 0.29) is 17.4 Å². The lowest BCUT2D eigenvalue weighted by atomic mass is 10.1. The van der Waals surface area contributed by atoms with Gasteiger partial charge in [-0.05, 0) is 43.2 Å². The number of carbonyl (C=O) groups is 1. The van der Waals surface area contributed by atoms with E-state index in [2.05, 4.69) is 17.1 Å². The van der Waals surface area contributed by atoms with Crippen LogP contribution in [0.1, 0.15) is 41.8 Å². The molecule has 0 aliphatic heterocycles. The van der Waals surface area contributed by atoms with Crippen LogP contribution in [-0.4, -0.2) is 21.7 Å². The first-order chi connectivity index (χ1) is 13.0. The van der Waals surface area contributed by atoms with E-state index in [4.69, 9.17) is 9.15 Å². The summed E-state index contributed by atoms with van der Waals surface area (Å²) in [5.74, 6) is 0.669. The van der Waals surface area contributed by atoms with Crippen molar-refractivity contribution in [1.29, 1.82) is 0 Å². The van der Waals surface area contributed by atoms with Gasteiger partial charge in [-0.1, -0.05) is 43.0 Å². The van der Waals surface area contributed by atoms with Gasteiger partial charge in [-0.3, -0.25) is 4.79 Å². The monoisotopic (exact) mass is 386 g/mol. The second-order valence-corrected chi connectivity index (χ2v) is 6.81. The van der Waals surface area contributed by atoms with Crippen LogP contribution in [0.3, 0.4) is 0 Å². The van der Waals surface area contributed by atoms with Crippen molar-refractivity contribution < 1.29 is 18.3 Å². The molecule has 7 heteroatoms. The number of thioether (sulfide) groups is 1. The summed E-state index contributed by atoms with van der Waals surface area (Å²) in [5, 5.41) is 8.20. The minimum atomic E-state index is -0.491. The summed E-state index contributed by atoms with van der Waals surface area (Å²) in [6, 6.07) is 13.3. The second kappa shape index (κ2) is 8.81. The van der Waals surface area contributed by atoms with Crippen molar-refractivity contribution in [1.82, 2.24) is 10.2 Å². The molecule has 0 saturated heterocycles. The van der Waals surface area contributed by atoms with Crippen LogP contribution in [0, 0.1) is 5.82 Å². The highest BCUT2D eigenvalue weighted by Gasteiger charge is 2.17. The molecule has 0 bridgehead atoms. The zero-order chi connectivity index (χ0) is 19.2. The van der Waals surface area contributed by atoms with E-state index in [0.717, 1.165) is 6.42 Å². The van der Waals surface area contributed by atoms with Crippen molar-refractivity contribution in [3.05, 3.63) is 71.4 Å². The highest BCUT2D eigenvalue weighted by Crippen LogP contribution is 2.24. The number of hydrogen-bond acceptors (Lipinski definition) is 6. The Bertz CT molecular complexity index is 894. The van der Waals surface area contributed by atoms with Gasteiger partial charge in [0, 0.05) is 5.56 Å². The van der Waals surface area contributed by atoms with E-state index >= 15 is 0 Å². The van der Waals surface area contributed by atoms with Gasteiger partial charge in [0.1, 0.15) is 11.6 Å². The van der Waals surface area contributed by atoms with Gasteiger partial charge >= 0.3 is 0 Å². The molecule has 0 spiro atoms. The van der Waals surface area contributed by atoms with Gasteiger partial charge in [0.25, 0.3) is 11.1 Å². The quantitative estimate of drug-likeness (QED) is 0.406. The van der Waals surface area contributed by atoms with Crippen LogP contribution in [0.25, 0.3) is 0 Å². The standard InChI is InChI=1S/C20H19FN2O3S/c1-3-14-4-6-15(7-5-14)18(24)12-27-20-23-22-19(26-20)13(2)25-17-10-8-16(21)9-11-17/h4-11,13H,3,12H2,1-2H3/t13-/m0/s1. The third kappa shape index (κ3) is 5.17. The van der Waals surface area contributed by atoms with Crippen LogP contribution >= 0.6 is 11.8 Å². The molecule has 0 N–H and O–H groups in total. The zero-order valence-corrected chi connectivity index (χ0v) is 15.8. The lowest BCUT2D eigenvalue weighted by molar-refractivity contribution is 0.102. The molecule has 0 aliphatic carbocycles. The van der Waals surface area contributed by atoms with Gasteiger partial charge in [0.2, 0.25) is 0 Å². The first kappa shape index (κ1) is 19.1. The molecular weight excluding hydrogens is 367 g/mol. The molecule has 27 heavy (non-hydrogen) atoms. The van der Waals surface area contributed by atoms with Crippen LogP contribution in [0.15, 0.2) is 58.2 Å². The van der Waals surface area contributed by atoms with Gasteiger partial charge in [0.05, 0.1) is 5.75 Å². The van der Waals surface area contributed by atoms with Gasteiger partial charge in [-0.15, -0.1) is 10.2 Å². The van der Waals surface area contributed by atoms with Crippen LogP contribution < -0.4 is 4.74 Å². The molecule has 3 rings (SSSR count). The van der Waals surface area contributed by atoms with Gasteiger partial charge < -0.3 is 9.15 Å². The summed E-state index contributed by atoms with van der Waals surface area (Å²) in [6.45, 7) is 3.83. The number of aryl methyl sites for hydroxylation is 1. The van der Waals surface area contributed by atoms with Crippen molar-refractivity contribution in [2.45, 2.75) is 31.6 Å². The third-order valence-corrected chi connectivity index (χ3v) is 4.73. The van der Waals surface area contributed by atoms with Crippen molar-refractivity contribution in [3.8, 4) is 5.75 Å². The van der Waals surface area contributed by atoms with Crippen molar-refractivity contribution in [2.24, 2.45) is 0 Å². The number of hydrogen-bond donors (Lipinski definition) is 0. The average molecular weight is 386 g/mol. The number of aromatic nitrogens is 2. The maximum Gasteiger partial charge on any atom is 0.277 e. The molecule has 1 atom stereocenters. The van der Waals surface area contributed by atoms with Crippen molar-refractivity contribution >= 4 is 17.5 Å². The van der Waals surface area contributed by atoms with Gasteiger partial charge in [0.15, 0.2) is 11.9 Å². The molecule has 1 heterocycles. The molecule has 0 aliphatic rings. The summed E-state index contributed by atoms with van der Waals surface area (Å²) < 4.78 is 24.1. The third-order valence-electron chi connectivity index (χ3n) is 3.91. The second-order valence-electron chi connectivity index (χ2n) is 5.88. The number of ketones is 1. The Morgan fingerprint density at radius 1 is 1.15 bits per heavy atom. The van der Waals surface area contributed by atoms with Crippen molar-refractivity contribution in [2.75, 3.05) is 5.75 Å². The van der Waals surface area contributed by atoms with Crippen LogP contribution in [0.2, 0.25) is 0 Å². The number of Topliss-reactive ketones (excluding diaryl/α,β-unsaturated/α-hetero) is 1. The van der Waals surface area contributed by atoms with E-state index in [9.17, 15) is 9.18 Å². The fraction of sp³-hybridized carbons (Fsp3) is 0.250. The number of halogens is 1. The van der Waals surface area contributed by atoms with E-state index in [0.29, 0.717) is 22.4 Å². The molecule has 0 radical (unpaired) electrons. The maximum absolute atomic E-state index is 12.9. The molecule has 0 unspecified atom stereocenters. The Morgan fingerprint density at radius 2 is 1.85 bits per heavy atom. The lowest BCUT2D eigenvalue weighted by Gasteiger charge is -2.10. The fourth-order valence-corrected chi connectivity index (χ4v) is 3.01. The summed E-state index contributed by atoms with van der Waals surface area (Å²) in [7, 11) is 0. The molecule has 3 aromatic rings. The van der Waals surface area contributed by atoms with Crippen LogP contribution in [0.4, 0.5) is 4.39 Å². The summed E-state index contributed by atoms with van der Waals surface area (Å²) in [5.41, 5.74) is 1.85. The van der Waals surface area contributed by atoms with Crippen LogP contribution in [-0.2, 0) is 6.42 Å². The fourth-order valence-electron chi connectivity index (χ4n) is 2.35. The largest absolute Gasteiger partial charge is 0.481 e. The molecule has 0 saturated carbocycles. The van der Waals surface area contributed by atoms with E-state index in [1.807, 2.05) is 24.3 Å². The predicted octanol–water partition coefficient (Wildman–Crippen LogP) is 4.89. The maximum atomic E-state index is 12.9. The Morgan fingerprint density at radius 3 is 2.52 bits per heavy atom. The molecular formula is C20H19FN2O3S. The molecule has 2 aromatic carbocycles. The average Bonchev–Trinajstić information content (AvgIpc) is 3.17. The molecule has 0 amide bonds. The molecule has 5 nitrogen and oxygen atoms in total. The Balaban J connectivity index is 1.55. The van der Waals surface area contributed by atoms with E-state index in [1.165, 1.54) is 41.6 Å². The van der Waals surface area contributed by atoms with E-state index < -0.39 is 6.10 Å². The highest BCUT2D eigenvalue weighted by molar-refractivity contribution is 7.99. The Labute approximate surface area is 161 Å². The van der Waals surface area contributed by atoms with Crippen molar-refractivity contribution in [3.63, 3.8) is 0 Å². The normalized spacial score (nSPS) is 12.0. The van der Waals surface area contributed by atoms with Gasteiger partial charge in [-0.2, -0.15) is 0 Å². The SMILES string of the molecule is CCc1ccc(C(=O)CSc2nnc([C@H](C)Oc3ccc(F)cc3)o2)cc1. The number of benzene rings is 2. The first-order valence-corrected chi connectivity index (χ1v) is 9.54. The zero-order valence-electron chi connectivity index (χ0n) is 15.0. The first-order valence-electron chi connectivity index (χ1n) is 8.55. The number of rotatable bonds is 8. The summed E-state index contributed by atoms with van der Waals surface area (Å²) in [4.78, 5) is 12.3. The number of ether oxygens (including phenoxy) is 1. The van der Waals surface area contributed by atoms with E-state index in [1.54, 1.807) is 6.92 Å². The predicted molar refractivity (Wildman–Crippen MR) is 101 cm³/mol. The Hall–Kier alpha value is -2.67. The number of carbonyl (C=O) groups excluding carboxylic acids is 1. The molecule has 1 aromatic heterocycles. The molecule has 140 valence electrons. The minimum Gasteiger partial charge on any atom is -0.481 e. The summed E-state index contributed by atoms with van der Waals surface area (Å²) >= 11 is 1.18. The smallest absolute Gasteiger partial charge is 0.277 e. The summed E-state index contributed by atoms with van der Waals surface area (Å²) in [6.07, 6.45) is 0.446. The topological polar surface area (TPSA) is 65.2 Å². The Kier molecular flexibility index (Phi) is 6.24. The highest BCUT2D eigenvalue weighted by atomic mass is 32.2. The lowest BCUT2D eigenvalue weighted by Crippen LogP contribution is -2.03.